The molecule has 0 atom stereocenters. The Kier molecular flexibility index (Phi) is 5.09. The van der Waals surface area contributed by atoms with Gasteiger partial charge in [-0.05, 0) is 48.4 Å². The van der Waals surface area contributed by atoms with Gasteiger partial charge in [0.1, 0.15) is 12.4 Å². The standard InChI is InChI=1S/C17H15NO5/c1-12(17(19)20)10-13-4-8-16(9-5-13)23-11-14-2-6-15(7-3-14)18(21)22/h2-10H,11H2,1H3,(H,19,20)/b12-10+. The zero-order valence-corrected chi connectivity index (χ0v) is 12.4. The summed E-state index contributed by atoms with van der Waals surface area (Å²) < 4.78 is 5.59. The van der Waals surface area contributed by atoms with E-state index < -0.39 is 10.9 Å². The van der Waals surface area contributed by atoms with Crippen LogP contribution in [0.3, 0.4) is 0 Å². The molecule has 0 heterocycles. The summed E-state index contributed by atoms with van der Waals surface area (Å²) in [5.74, 6) is -0.322. The number of carboxylic acids is 1. The van der Waals surface area contributed by atoms with Gasteiger partial charge in [-0.3, -0.25) is 10.1 Å². The average Bonchev–Trinajstić information content (AvgIpc) is 2.54. The molecule has 0 aliphatic rings. The van der Waals surface area contributed by atoms with Crippen molar-refractivity contribution in [3.63, 3.8) is 0 Å². The number of rotatable bonds is 6. The van der Waals surface area contributed by atoms with Gasteiger partial charge in [0.15, 0.2) is 0 Å². The molecule has 6 heteroatoms. The summed E-state index contributed by atoms with van der Waals surface area (Å²) in [7, 11) is 0. The number of aliphatic carboxylic acids is 1. The summed E-state index contributed by atoms with van der Waals surface area (Å²) in [6.07, 6.45) is 1.57. The first-order chi connectivity index (χ1) is 11.0. The van der Waals surface area contributed by atoms with E-state index in [1.54, 1.807) is 42.5 Å². The van der Waals surface area contributed by atoms with Crippen LogP contribution in [-0.2, 0) is 11.4 Å². The maximum atomic E-state index is 10.8. The molecule has 0 aromatic heterocycles. The van der Waals surface area contributed by atoms with E-state index in [2.05, 4.69) is 0 Å². The molecule has 0 bridgehead atoms. The number of hydrogen-bond donors (Lipinski definition) is 1. The number of carbonyl (C=O) groups is 1. The highest BCUT2D eigenvalue weighted by Crippen LogP contribution is 2.17. The SMILES string of the molecule is C/C(=C\c1ccc(OCc2ccc([N+](=O)[O-])cc2)cc1)C(=O)O. The summed E-state index contributed by atoms with van der Waals surface area (Å²) >= 11 is 0. The third kappa shape index (κ3) is 4.67. The number of nitro groups is 1. The minimum absolute atomic E-state index is 0.0405. The Labute approximate surface area is 132 Å². The molecule has 1 N–H and O–H groups in total. The molecule has 0 amide bonds. The predicted octanol–water partition coefficient (Wildman–Crippen LogP) is 3.66. The van der Waals surface area contributed by atoms with Gasteiger partial charge in [-0.25, -0.2) is 4.79 Å². The third-order valence-corrected chi connectivity index (χ3v) is 3.15. The molecule has 0 saturated heterocycles. The summed E-state index contributed by atoms with van der Waals surface area (Å²) in [5, 5.41) is 19.4. The zero-order chi connectivity index (χ0) is 16.8. The van der Waals surface area contributed by atoms with Crippen LogP contribution in [0.25, 0.3) is 6.08 Å². The van der Waals surface area contributed by atoms with Gasteiger partial charge in [0, 0.05) is 17.7 Å². The van der Waals surface area contributed by atoms with Crippen LogP contribution in [0.5, 0.6) is 5.75 Å². The molecule has 0 saturated carbocycles. The highest BCUT2D eigenvalue weighted by molar-refractivity contribution is 5.91. The first-order valence-corrected chi connectivity index (χ1v) is 6.83. The van der Waals surface area contributed by atoms with Crippen molar-refractivity contribution < 1.29 is 19.6 Å². The van der Waals surface area contributed by atoms with Gasteiger partial charge in [-0.15, -0.1) is 0 Å². The Morgan fingerprint density at radius 2 is 1.78 bits per heavy atom. The molecule has 2 aromatic carbocycles. The lowest BCUT2D eigenvalue weighted by atomic mass is 10.1. The minimum atomic E-state index is -0.955. The molecule has 2 rings (SSSR count). The molecule has 0 fully saturated rings. The Bertz CT molecular complexity index is 733. The number of ether oxygens (including phenoxy) is 1. The summed E-state index contributed by atoms with van der Waals surface area (Å²) in [5.41, 5.74) is 1.89. The second-order valence-electron chi connectivity index (χ2n) is 4.91. The summed E-state index contributed by atoms with van der Waals surface area (Å²) in [4.78, 5) is 20.9. The molecule has 6 nitrogen and oxygen atoms in total. The van der Waals surface area contributed by atoms with E-state index in [1.165, 1.54) is 19.1 Å². The van der Waals surface area contributed by atoms with Gasteiger partial charge >= 0.3 is 5.97 Å². The van der Waals surface area contributed by atoms with Gasteiger partial charge in [0.05, 0.1) is 4.92 Å². The van der Waals surface area contributed by atoms with Gasteiger partial charge < -0.3 is 9.84 Å². The maximum absolute atomic E-state index is 10.8. The predicted molar refractivity (Wildman–Crippen MR) is 85.2 cm³/mol. The lowest BCUT2D eigenvalue weighted by molar-refractivity contribution is -0.384. The van der Waals surface area contributed by atoms with Gasteiger partial charge in [-0.2, -0.15) is 0 Å². The monoisotopic (exact) mass is 313 g/mol. The Balaban J connectivity index is 1.97. The van der Waals surface area contributed by atoms with Crippen LogP contribution < -0.4 is 4.74 Å². The highest BCUT2D eigenvalue weighted by atomic mass is 16.6. The van der Waals surface area contributed by atoms with Crippen molar-refractivity contribution in [2.24, 2.45) is 0 Å². The molecule has 0 unspecified atom stereocenters. The Morgan fingerprint density at radius 1 is 1.17 bits per heavy atom. The Hall–Kier alpha value is -3.15. The van der Waals surface area contributed by atoms with Crippen molar-refractivity contribution in [3.05, 3.63) is 75.3 Å². The van der Waals surface area contributed by atoms with Crippen LogP contribution in [0.2, 0.25) is 0 Å². The van der Waals surface area contributed by atoms with E-state index in [0.29, 0.717) is 12.4 Å². The van der Waals surface area contributed by atoms with Crippen molar-refractivity contribution in [3.8, 4) is 5.75 Å². The van der Waals surface area contributed by atoms with Gasteiger partial charge in [0.2, 0.25) is 0 Å². The lowest BCUT2D eigenvalue weighted by Crippen LogP contribution is -1.97. The van der Waals surface area contributed by atoms with E-state index in [4.69, 9.17) is 9.84 Å². The van der Waals surface area contributed by atoms with Crippen LogP contribution >= 0.6 is 0 Å². The fraction of sp³-hybridized carbons (Fsp3) is 0.118. The fourth-order valence-corrected chi connectivity index (χ4v) is 1.85. The van der Waals surface area contributed by atoms with Crippen molar-refractivity contribution in [1.82, 2.24) is 0 Å². The lowest BCUT2D eigenvalue weighted by Gasteiger charge is -2.06. The first kappa shape index (κ1) is 16.2. The van der Waals surface area contributed by atoms with Crippen molar-refractivity contribution in [2.75, 3.05) is 0 Å². The maximum Gasteiger partial charge on any atom is 0.331 e. The number of carboxylic acid groups (broad SMARTS) is 1. The van der Waals surface area contributed by atoms with Crippen LogP contribution in [0.15, 0.2) is 54.1 Å². The molecular formula is C17H15NO5. The first-order valence-electron chi connectivity index (χ1n) is 6.83. The highest BCUT2D eigenvalue weighted by Gasteiger charge is 2.04. The molecule has 0 spiro atoms. The number of nitrogens with zero attached hydrogens (tertiary/aromatic N) is 1. The van der Waals surface area contributed by atoms with Crippen LogP contribution in [0, 0.1) is 10.1 Å². The topological polar surface area (TPSA) is 89.7 Å². The molecule has 23 heavy (non-hydrogen) atoms. The van der Waals surface area contributed by atoms with E-state index in [-0.39, 0.29) is 11.3 Å². The molecule has 0 aliphatic carbocycles. The third-order valence-electron chi connectivity index (χ3n) is 3.15. The normalized spacial score (nSPS) is 11.1. The average molecular weight is 313 g/mol. The molecule has 118 valence electrons. The minimum Gasteiger partial charge on any atom is -0.489 e. The number of nitro benzene ring substituents is 1. The number of benzene rings is 2. The summed E-state index contributed by atoms with van der Waals surface area (Å²) in [6.45, 7) is 1.82. The number of non-ortho nitro benzene ring substituents is 1. The second-order valence-corrected chi connectivity index (χ2v) is 4.91. The molecule has 0 radical (unpaired) electrons. The fourth-order valence-electron chi connectivity index (χ4n) is 1.85. The van der Waals surface area contributed by atoms with Crippen LogP contribution in [0.4, 0.5) is 5.69 Å². The zero-order valence-electron chi connectivity index (χ0n) is 12.4. The number of hydrogen-bond acceptors (Lipinski definition) is 4. The Morgan fingerprint density at radius 3 is 2.30 bits per heavy atom. The second kappa shape index (κ2) is 7.22. The van der Waals surface area contributed by atoms with Crippen LogP contribution in [0.1, 0.15) is 18.1 Å². The van der Waals surface area contributed by atoms with Crippen LogP contribution in [-0.4, -0.2) is 16.0 Å². The van der Waals surface area contributed by atoms with E-state index >= 15 is 0 Å². The van der Waals surface area contributed by atoms with Crippen molar-refractivity contribution in [2.45, 2.75) is 13.5 Å². The van der Waals surface area contributed by atoms with Gasteiger partial charge in [0.25, 0.3) is 5.69 Å². The summed E-state index contributed by atoms with van der Waals surface area (Å²) in [6, 6.07) is 13.2. The molecular weight excluding hydrogens is 298 g/mol. The molecule has 0 aliphatic heterocycles. The van der Waals surface area contributed by atoms with E-state index in [0.717, 1.165) is 11.1 Å². The largest absolute Gasteiger partial charge is 0.489 e. The van der Waals surface area contributed by atoms with E-state index in [1.807, 2.05) is 0 Å². The van der Waals surface area contributed by atoms with Crippen molar-refractivity contribution >= 4 is 17.7 Å². The van der Waals surface area contributed by atoms with E-state index in [9.17, 15) is 14.9 Å². The van der Waals surface area contributed by atoms with Gasteiger partial charge in [-0.1, -0.05) is 12.1 Å². The molecule has 2 aromatic rings. The van der Waals surface area contributed by atoms with Crippen molar-refractivity contribution in [1.29, 1.82) is 0 Å². The smallest absolute Gasteiger partial charge is 0.331 e. The quantitative estimate of drug-likeness (QED) is 0.499.